The first-order chi connectivity index (χ1) is 13.7. The second-order valence-corrected chi connectivity index (χ2v) is 7.22. The SMILES string of the molecule is COc1ccc(-n2cnnn2)cc1CN[C@H]1CCCN[C@H]1c1ccc(C)cc1. The maximum absolute atomic E-state index is 5.57. The summed E-state index contributed by atoms with van der Waals surface area (Å²) in [5.41, 5.74) is 4.62. The van der Waals surface area contributed by atoms with Gasteiger partial charge in [-0.15, -0.1) is 5.10 Å². The van der Waals surface area contributed by atoms with Crippen LogP contribution >= 0.6 is 0 Å². The molecule has 4 rings (SSSR count). The molecule has 146 valence electrons. The largest absolute Gasteiger partial charge is 0.496 e. The zero-order chi connectivity index (χ0) is 19.3. The fourth-order valence-electron chi connectivity index (χ4n) is 3.80. The monoisotopic (exact) mass is 378 g/mol. The van der Waals surface area contributed by atoms with Gasteiger partial charge < -0.3 is 15.4 Å². The predicted octanol–water partition coefficient (Wildman–Crippen LogP) is 2.56. The minimum atomic E-state index is 0.308. The molecule has 1 aliphatic heterocycles. The molecule has 2 N–H and O–H groups in total. The highest BCUT2D eigenvalue weighted by atomic mass is 16.5. The number of tetrazole rings is 1. The number of hydrogen-bond donors (Lipinski definition) is 2. The highest BCUT2D eigenvalue weighted by Gasteiger charge is 2.26. The summed E-state index contributed by atoms with van der Waals surface area (Å²) in [5, 5.41) is 18.8. The van der Waals surface area contributed by atoms with Crippen LogP contribution in [0.3, 0.4) is 0 Å². The van der Waals surface area contributed by atoms with Crippen LogP contribution in [0.2, 0.25) is 0 Å². The van der Waals surface area contributed by atoms with Crippen molar-refractivity contribution in [1.29, 1.82) is 0 Å². The molecule has 1 aliphatic rings. The number of ether oxygens (including phenoxy) is 1. The molecule has 0 aliphatic carbocycles. The van der Waals surface area contributed by atoms with Crippen LogP contribution < -0.4 is 15.4 Å². The van der Waals surface area contributed by atoms with Gasteiger partial charge in [0, 0.05) is 24.2 Å². The van der Waals surface area contributed by atoms with E-state index < -0.39 is 0 Å². The lowest BCUT2D eigenvalue weighted by Gasteiger charge is -2.34. The normalized spacial score (nSPS) is 19.5. The minimum absolute atomic E-state index is 0.308. The predicted molar refractivity (Wildman–Crippen MR) is 107 cm³/mol. The maximum Gasteiger partial charge on any atom is 0.143 e. The number of methoxy groups -OCH3 is 1. The number of aryl methyl sites for hydroxylation is 1. The number of nitrogens with one attached hydrogen (secondary N) is 2. The van der Waals surface area contributed by atoms with Gasteiger partial charge in [0.15, 0.2) is 0 Å². The Kier molecular flexibility index (Phi) is 5.64. The molecule has 28 heavy (non-hydrogen) atoms. The summed E-state index contributed by atoms with van der Waals surface area (Å²) in [6, 6.07) is 15.5. The Morgan fingerprint density at radius 1 is 1.21 bits per heavy atom. The van der Waals surface area contributed by atoms with E-state index >= 15 is 0 Å². The van der Waals surface area contributed by atoms with E-state index in [0.29, 0.717) is 18.6 Å². The van der Waals surface area contributed by atoms with E-state index in [1.54, 1.807) is 18.1 Å². The first-order valence-corrected chi connectivity index (χ1v) is 9.68. The van der Waals surface area contributed by atoms with Crippen LogP contribution in [-0.4, -0.2) is 39.9 Å². The van der Waals surface area contributed by atoms with Gasteiger partial charge in [0.2, 0.25) is 0 Å². The molecule has 0 radical (unpaired) electrons. The van der Waals surface area contributed by atoms with Gasteiger partial charge in [-0.2, -0.15) is 0 Å². The number of piperidine rings is 1. The molecule has 3 aromatic rings. The van der Waals surface area contributed by atoms with Gasteiger partial charge in [-0.3, -0.25) is 0 Å². The number of rotatable bonds is 6. The summed E-state index contributed by atoms with van der Waals surface area (Å²) in [6.07, 6.45) is 3.90. The van der Waals surface area contributed by atoms with Crippen molar-refractivity contribution in [2.45, 2.75) is 38.4 Å². The molecule has 0 bridgehead atoms. The average molecular weight is 378 g/mol. The van der Waals surface area contributed by atoms with Crippen LogP contribution in [-0.2, 0) is 6.54 Å². The summed E-state index contributed by atoms with van der Waals surface area (Å²) in [6.45, 7) is 3.89. The van der Waals surface area contributed by atoms with Crippen LogP contribution in [0.1, 0.15) is 35.6 Å². The molecule has 0 unspecified atom stereocenters. The Hall–Kier alpha value is -2.77. The molecule has 2 aromatic carbocycles. The zero-order valence-electron chi connectivity index (χ0n) is 16.3. The summed E-state index contributed by atoms with van der Waals surface area (Å²) in [4.78, 5) is 0. The van der Waals surface area contributed by atoms with E-state index in [4.69, 9.17) is 4.74 Å². The first-order valence-electron chi connectivity index (χ1n) is 9.68. The molecule has 7 nitrogen and oxygen atoms in total. The van der Waals surface area contributed by atoms with Gasteiger partial charge in [0.1, 0.15) is 12.1 Å². The Balaban J connectivity index is 1.52. The molecule has 2 atom stereocenters. The van der Waals surface area contributed by atoms with Crippen LogP contribution in [0, 0.1) is 6.92 Å². The Labute approximate surface area is 165 Å². The van der Waals surface area contributed by atoms with Crippen LogP contribution in [0.5, 0.6) is 5.75 Å². The molecule has 0 spiro atoms. The highest BCUT2D eigenvalue weighted by Crippen LogP contribution is 2.26. The second kappa shape index (κ2) is 8.50. The summed E-state index contributed by atoms with van der Waals surface area (Å²) in [7, 11) is 1.70. The first kappa shape index (κ1) is 18.6. The fourth-order valence-corrected chi connectivity index (χ4v) is 3.80. The maximum atomic E-state index is 5.57. The summed E-state index contributed by atoms with van der Waals surface area (Å²) < 4.78 is 7.22. The summed E-state index contributed by atoms with van der Waals surface area (Å²) >= 11 is 0. The van der Waals surface area contributed by atoms with Crippen molar-refractivity contribution < 1.29 is 4.74 Å². The van der Waals surface area contributed by atoms with Crippen molar-refractivity contribution in [3.8, 4) is 11.4 Å². The van der Waals surface area contributed by atoms with Crippen molar-refractivity contribution in [3.05, 3.63) is 65.5 Å². The number of hydrogen-bond acceptors (Lipinski definition) is 6. The van der Waals surface area contributed by atoms with Gasteiger partial charge >= 0.3 is 0 Å². The Morgan fingerprint density at radius 3 is 2.82 bits per heavy atom. The van der Waals surface area contributed by atoms with E-state index in [-0.39, 0.29) is 0 Å². The van der Waals surface area contributed by atoms with Gasteiger partial charge in [0.25, 0.3) is 0 Å². The molecule has 7 heteroatoms. The Bertz CT molecular complexity index is 894. The highest BCUT2D eigenvalue weighted by molar-refractivity contribution is 5.43. The van der Waals surface area contributed by atoms with Gasteiger partial charge in [0.05, 0.1) is 12.8 Å². The van der Waals surface area contributed by atoms with Crippen molar-refractivity contribution in [2.24, 2.45) is 0 Å². The van der Waals surface area contributed by atoms with E-state index in [1.807, 2.05) is 12.1 Å². The third-order valence-corrected chi connectivity index (χ3v) is 5.33. The topological polar surface area (TPSA) is 76.9 Å². The Morgan fingerprint density at radius 2 is 2.07 bits per heavy atom. The van der Waals surface area contributed by atoms with Crippen molar-refractivity contribution in [3.63, 3.8) is 0 Å². The van der Waals surface area contributed by atoms with Crippen molar-refractivity contribution >= 4 is 0 Å². The number of aromatic nitrogens is 4. The third-order valence-electron chi connectivity index (χ3n) is 5.33. The van der Waals surface area contributed by atoms with Crippen molar-refractivity contribution in [2.75, 3.05) is 13.7 Å². The zero-order valence-corrected chi connectivity index (χ0v) is 16.3. The quantitative estimate of drug-likeness (QED) is 0.687. The average Bonchev–Trinajstić information content (AvgIpc) is 3.28. The van der Waals surface area contributed by atoms with Gasteiger partial charge in [-0.25, -0.2) is 4.68 Å². The van der Waals surface area contributed by atoms with Crippen molar-refractivity contribution in [1.82, 2.24) is 30.8 Å². The van der Waals surface area contributed by atoms with Crippen LogP contribution in [0.25, 0.3) is 5.69 Å². The number of benzene rings is 2. The minimum Gasteiger partial charge on any atom is -0.496 e. The lowest BCUT2D eigenvalue weighted by molar-refractivity contribution is 0.303. The summed E-state index contributed by atoms with van der Waals surface area (Å²) in [5.74, 6) is 0.861. The van der Waals surface area contributed by atoms with Gasteiger partial charge in [-0.05, 0) is 60.5 Å². The lowest BCUT2D eigenvalue weighted by atomic mass is 9.91. The van der Waals surface area contributed by atoms with Crippen LogP contribution in [0.15, 0.2) is 48.8 Å². The molecule has 1 fully saturated rings. The molecular formula is C21H26N6O. The lowest BCUT2D eigenvalue weighted by Crippen LogP contribution is -2.45. The van der Waals surface area contributed by atoms with E-state index in [0.717, 1.165) is 30.0 Å². The standard InChI is InChI=1S/C21H26N6O/c1-15-5-7-16(8-6-15)21-19(4-3-11-22-21)23-13-17-12-18(9-10-20(17)28-2)27-14-24-25-26-27/h5-10,12,14,19,21-23H,3-4,11,13H2,1-2H3/t19-,21-/m0/s1. The van der Waals surface area contributed by atoms with E-state index in [2.05, 4.69) is 63.4 Å². The number of nitrogens with zero attached hydrogens (tertiary/aromatic N) is 4. The third kappa shape index (κ3) is 4.05. The molecule has 2 heterocycles. The molecule has 0 saturated carbocycles. The fraction of sp³-hybridized carbons (Fsp3) is 0.381. The molecule has 1 saturated heterocycles. The second-order valence-electron chi connectivity index (χ2n) is 7.22. The molecular weight excluding hydrogens is 352 g/mol. The smallest absolute Gasteiger partial charge is 0.143 e. The van der Waals surface area contributed by atoms with E-state index in [9.17, 15) is 0 Å². The molecule has 1 aromatic heterocycles. The van der Waals surface area contributed by atoms with E-state index in [1.165, 1.54) is 17.5 Å². The van der Waals surface area contributed by atoms with Gasteiger partial charge in [-0.1, -0.05) is 29.8 Å². The molecule has 0 amide bonds. The van der Waals surface area contributed by atoms with Crippen LogP contribution in [0.4, 0.5) is 0 Å².